The zero-order valence-electron chi connectivity index (χ0n) is 13.1. The van der Waals surface area contributed by atoms with Crippen LogP contribution in [0.2, 0.25) is 5.15 Å². The molecule has 21 heavy (non-hydrogen) atoms. The van der Waals surface area contributed by atoms with E-state index >= 15 is 0 Å². The van der Waals surface area contributed by atoms with E-state index in [0.717, 1.165) is 24.1 Å². The van der Waals surface area contributed by atoms with E-state index in [4.69, 9.17) is 17.4 Å². The summed E-state index contributed by atoms with van der Waals surface area (Å²) in [6, 6.07) is 6.63. The molecule has 1 heterocycles. The Morgan fingerprint density at radius 3 is 2.57 bits per heavy atom. The van der Waals surface area contributed by atoms with E-state index in [-0.39, 0.29) is 6.04 Å². The Kier molecular flexibility index (Phi) is 5.04. The Bertz CT molecular complexity index is 633. The van der Waals surface area contributed by atoms with Gasteiger partial charge in [-0.25, -0.2) is 0 Å². The number of nitrogens with one attached hydrogen (secondary N) is 1. The van der Waals surface area contributed by atoms with Crippen LogP contribution >= 0.6 is 11.6 Å². The molecule has 5 heteroatoms. The average molecular weight is 307 g/mol. The number of rotatable bonds is 5. The molecule has 0 aliphatic heterocycles. The first-order chi connectivity index (χ1) is 9.92. The summed E-state index contributed by atoms with van der Waals surface area (Å²) in [7, 11) is 1.86. The first kappa shape index (κ1) is 16.0. The number of hydrazine groups is 1. The summed E-state index contributed by atoms with van der Waals surface area (Å²) in [5.41, 5.74) is 8.81. The van der Waals surface area contributed by atoms with Gasteiger partial charge >= 0.3 is 0 Å². The van der Waals surface area contributed by atoms with Gasteiger partial charge < -0.3 is 0 Å². The maximum absolute atomic E-state index is 6.31. The number of nitrogens with zero attached hydrogens (tertiary/aromatic N) is 2. The monoisotopic (exact) mass is 306 g/mol. The number of nitrogens with two attached hydrogens (primary N) is 1. The Morgan fingerprint density at radius 2 is 2.00 bits per heavy atom. The molecule has 1 unspecified atom stereocenters. The highest BCUT2D eigenvalue weighted by Gasteiger charge is 2.17. The van der Waals surface area contributed by atoms with Gasteiger partial charge in [-0.05, 0) is 44.7 Å². The summed E-state index contributed by atoms with van der Waals surface area (Å²) in [5, 5.41) is 5.04. The van der Waals surface area contributed by atoms with Crippen molar-refractivity contribution in [3.63, 3.8) is 0 Å². The fourth-order valence-electron chi connectivity index (χ4n) is 2.63. The third kappa shape index (κ3) is 3.64. The van der Waals surface area contributed by atoms with E-state index < -0.39 is 0 Å². The Balaban J connectivity index is 2.19. The van der Waals surface area contributed by atoms with Crippen molar-refractivity contribution in [3.05, 3.63) is 51.3 Å². The Morgan fingerprint density at radius 1 is 1.29 bits per heavy atom. The van der Waals surface area contributed by atoms with Gasteiger partial charge in [0.05, 0.1) is 5.69 Å². The van der Waals surface area contributed by atoms with E-state index in [2.05, 4.69) is 42.6 Å². The van der Waals surface area contributed by atoms with E-state index in [1.54, 1.807) is 4.68 Å². The summed E-state index contributed by atoms with van der Waals surface area (Å²) in [6.45, 7) is 6.22. The molecule has 2 aromatic rings. The van der Waals surface area contributed by atoms with E-state index in [0.29, 0.717) is 5.15 Å². The fraction of sp³-hybridized carbons (Fsp3) is 0.438. The van der Waals surface area contributed by atoms with Crippen molar-refractivity contribution in [1.29, 1.82) is 0 Å². The number of benzene rings is 1. The smallest absolute Gasteiger partial charge is 0.130 e. The lowest BCUT2D eigenvalue weighted by atomic mass is 9.96. The van der Waals surface area contributed by atoms with Crippen LogP contribution in [0.5, 0.6) is 0 Å². The second-order valence-electron chi connectivity index (χ2n) is 5.68. The topological polar surface area (TPSA) is 55.9 Å². The molecule has 0 saturated heterocycles. The standard InChI is InChI=1S/C16H23ClN4/c1-10-5-6-11(2)13(7-10)8-14(19-18)9-15-12(3)20-21(4)16(15)17/h5-7,14,19H,8-9,18H2,1-4H3. The Labute approximate surface area is 131 Å². The van der Waals surface area contributed by atoms with Crippen LogP contribution in [0.4, 0.5) is 0 Å². The maximum Gasteiger partial charge on any atom is 0.130 e. The number of aromatic nitrogens is 2. The molecule has 0 spiro atoms. The van der Waals surface area contributed by atoms with Gasteiger partial charge in [0.2, 0.25) is 0 Å². The molecular weight excluding hydrogens is 284 g/mol. The molecule has 0 fully saturated rings. The highest BCUT2D eigenvalue weighted by atomic mass is 35.5. The number of halogens is 1. The van der Waals surface area contributed by atoms with Gasteiger partial charge in [0.1, 0.15) is 5.15 Å². The molecule has 3 N–H and O–H groups in total. The molecule has 0 saturated carbocycles. The third-order valence-corrected chi connectivity index (χ3v) is 4.40. The highest BCUT2D eigenvalue weighted by molar-refractivity contribution is 6.30. The molecule has 0 amide bonds. The van der Waals surface area contributed by atoms with Crippen LogP contribution in [0.25, 0.3) is 0 Å². The number of hydrogen-bond donors (Lipinski definition) is 2. The molecule has 114 valence electrons. The number of aryl methyl sites for hydroxylation is 4. The normalized spacial score (nSPS) is 12.7. The fourth-order valence-corrected chi connectivity index (χ4v) is 2.88. The van der Waals surface area contributed by atoms with Crippen LogP contribution < -0.4 is 11.3 Å². The quantitative estimate of drug-likeness (QED) is 0.659. The van der Waals surface area contributed by atoms with E-state index in [1.165, 1.54) is 16.7 Å². The molecular formula is C16H23ClN4. The van der Waals surface area contributed by atoms with Gasteiger partial charge in [-0.1, -0.05) is 35.4 Å². The summed E-state index contributed by atoms with van der Waals surface area (Å²) < 4.78 is 1.71. The predicted molar refractivity (Wildman–Crippen MR) is 87.4 cm³/mol. The van der Waals surface area contributed by atoms with Crippen molar-refractivity contribution < 1.29 is 0 Å². The Hall–Kier alpha value is -1.36. The molecule has 0 aliphatic rings. The number of hydrogen-bond acceptors (Lipinski definition) is 3. The molecule has 4 nitrogen and oxygen atoms in total. The maximum atomic E-state index is 6.31. The van der Waals surface area contributed by atoms with Gasteiger partial charge in [0, 0.05) is 18.7 Å². The first-order valence-electron chi connectivity index (χ1n) is 7.12. The lowest BCUT2D eigenvalue weighted by Crippen LogP contribution is -2.38. The molecule has 0 aliphatic carbocycles. The molecule has 1 aromatic carbocycles. The van der Waals surface area contributed by atoms with Crippen LogP contribution in [0, 0.1) is 20.8 Å². The van der Waals surface area contributed by atoms with Crippen molar-refractivity contribution >= 4 is 11.6 Å². The summed E-state index contributed by atoms with van der Waals surface area (Å²) in [5.74, 6) is 5.74. The highest BCUT2D eigenvalue weighted by Crippen LogP contribution is 2.22. The zero-order chi connectivity index (χ0) is 15.6. The van der Waals surface area contributed by atoms with Gasteiger partial charge in [-0.2, -0.15) is 5.10 Å². The SMILES string of the molecule is Cc1ccc(C)c(CC(Cc2c(C)nn(C)c2Cl)NN)c1. The van der Waals surface area contributed by atoms with Crippen molar-refractivity contribution in [3.8, 4) is 0 Å². The van der Waals surface area contributed by atoms with Crippen LogP contribution in [0.1, 0.15) is 27.9 Å². The van der Waals surface area contributed by atoms with Crippen molar-refractivity contribution in [2.75, 3.05) is 0 Å². The lowest BCUT2D eigenvalue weighted by Gasteiger charge is -2.17. The molecule has 0 bridgehead atoms. The minimum Gasteiger partial charge on any atom is -0.271 e. The van der Waals surface area contributed by atoms with Gasteiger partial charge in [0.15, 0.2) is 0 Å². The first-order valence-corrected chi connectivity index (χ1v) is 7.50. The van der Waals surface area contributed by atoms with Crippen molar-refractivity contribution in [2.45, 2.75) is 39.7 Å². The summed E-state index contributed by atoms with van der Waals surface area (Å²) >= 11 is 6.31. The molecule has 1 atom stereocenters. The molecule has 0 radical (unpaired) electrons. The predicted octanol–water partition coefficient (Wildman–Crippen LogP) is 2.62. The average Bonchev–Trinajstić information content (AvgIpc) is 2.68. The zero-order valence-corrected chi connectivity index (χ0v) is 13.8. The molecule has 1 aromatic heterocycles. The van der Waals surface area contributed by atoms with Crippen LogP contribution in [-0.4, -0.2) is 15.8 Å². The molecule has 2 rings (SSSR count). The van der Waals surface area contributed by atoms with Crippen LogP contribution in [-0.2, 0) is 19.9 Å². The minimum atomic E-state index is 0.130. The second kappa shape index (κ2) is 6.60. The van der Waals surface area contributed by atoms with Crippen molar-refractivity contribution in [2.24, 2.45) is 12.9 Å². The van der Waals surface area contributed by atoms with Crippen LogP contribution in [0.15, 0.2) is 18.2 Å². The third-order valence-electron chi connectivity index (χ3n) is 3.93. The minimum absolute atomic E-state index is 0.130. The summed E-state index contributed by atoms with van der Waals surface area (Å²) in [4.78, 5) is 0. The van der Waals surface area contributed by atoms with Gasteiger partial charge in [-0.15, -0.1) is 0 Å². The van der Waals surface area contributed by atoms with Gasteiger partial charge in [-0.3, -0.25) is 16.0 Å². The van der Waals surface area contributed by atoms with E-state index in [9.17, 15) is 0 Å². The van der Waals surface area contributed by atoms with Gasteiger partial charge in [0.25, 0.3) is 0 Å². The van der Waals surface area contributed by atoms with E-state index in [1.807, 2.05) is 14.0 Å². The largest absolute Gasteiger partial charge is 0.271 e. The second-order valence-corrected chi connectivity index (χ2v) is 6.04. The van der Waals surface area contributed by atoms with Crippen molar-refractivity contribution in [1.82, 2.24) is 15.2 Å². The lowest BCUT2D eigenvalue weighted by molar-refractivity contribution is 0.520. The summed E-state index contributed by atoms with van der Waals surface area (Å²) in [6.07, 6.45) is 1.64. The van der Waals surface area contributed by atoms with Crippen LogP contribution in [0.3, 0.4) is 0 Å².